The lowest BCUT2D eigenvalue weighted by molar-refractivity contribution is -0.131. The maximum absolute atomic E-state index is 12.4. The first-order chi connectivity index (χ1) is 12.1. The minimum atomic E-state index is -3.69. The topological polar surface area (TPSA) is 79.7 Å². The molecule has 26 heavy (non-hydrogen) atoms. The highest BCUT2D eigenvalue weighted by Crippen LogP contribution is 2.12. The molecule has 0 aliphatic carbocycles. The van der Waals surface area contributed by atoms with Crippen molar-refractivity contribution >= 4 is 27.5 Å². The summed E-state index contributed by atoms with van der Waals surface area (Å²) in [5, 5.41) is 0.605. The predicted molar refractivity (Wildman–Crippen MR) is 99.5 cm³/mol. The molecule has 0 fully saturated rings. The zero-order valence-corrected chi connectivity index (χ0v) is 16.3. The molecule has 0 saturated heterocycles. The second-order valence-corrected chi connectivity index (χ2v) is 8.58. The molecule has 0 saturated carbocycles. The molecule has 1 amide bonds. The molecule has 0 bridgehead atoms. The summed E-state index contributed by atoms with van der Waals surface area (Å²) in [6.45, 7) is 0.0974. The van der Waals surface area contributed by atoms with E-state index >= 15 is 0 Å². The van der Waals surface area contributed by atoms with E-state index in [2.05, 4.69) is 0 Å². The lowest BCUT2D eigenvalue weighted by atomic mass is 10.2. The number of nitrogens with zero attached hydrogens (tertiary/aromatic N) is 3. The Balaban J connectivity index is 2.18. The van der Waals surface area contributed by atoms with Crippen LogP contribution in [0.4, 0.5) is 0 Å². The third-order valence-corrected chi connectivity index (χ3v) is 5.85. The zero-order valence-electron chi connectivity index (χ0n) is 14.7. The Bertz CT molecular complexity index is 953. The zero-order chi connectivity index (χ0) is 19.5. The number of sulfonamides is 1. The van der Waals surface area contributed by atoms with Crippen molar-refractivity contribution in [2.45, 2.75) is 18.0 Å². The molecular formula is C17H20ClN3O4S. The van der Waals surface area contributed by atoms with Crippen molar-refractivity contribution in [1.82, 2.24) is 13.8 Å². The van der Waals surface area contributed by atoms with Gasteiger partial charge in [0.1, 0.15) is 6.54 Å². The highest BCUT2D eigenvalue weighted by atomic mass is 35.5. The number of amides is 1. The van der Waals surface area contributed by atoms with E-state index in [1.165, 1.54) is 31.3 Å². The summed E-state index contributed by atoms with van der Waals surface area (Å²) < 4.78 is 26.5. The number of likely N-dealkylation sites (N-methyl/N-ethyl adjacent to an activating group) is 1. The molecule has 0 N–H and O–H groups in total. The highest BCUT2D eigenvalue weighted by molar-refractivity contribution is 7.89. The SMILES string of the molecule is CN(Cc1ccc(Cl)cc1)C(=O)Cn1cc(S(=O)(=O)N(C)C)ccc1=O. The van der Waals surface area contributed by atoms with Gasteiger partial charge in [-0.1, -0.05) is 23.7 Å². The number of pyridine rings is 1. The molecule has 1 aromatic carbocycles. The van der Waals surface area contributed by atoms with E-state index in [1.807, 2.05) is 12.1 Å². The molecule has 0 aliphatic heterocycles. The van der Waals surface area contributed by atoms with Crippen molar-refractivity contribution in [2.75, 3.05) is 21.1 Å². The predicted octanol–water partition coefficient (Wildman–Crippen LogP) is 1.41. The second kappa shape index (κ2) is 8.03. The number of hydrogen-bond donors (Lipinski definition) is 0. The number of hydrogen-bond acceptors (Lipinski definition) is 4. The molecular weight excluding hydrogens is 378 g/mol. The summed E-state index contributed by atoms with van der Waals surface area (Å²) in [7, 11) is 0.722. The number of carbonyl (C=O) groups is 1. The number of carbonyl (C=O) groups excluding carboxylic acids is 1. The summed E-state index contributed by atoms with van der Waals surface area (Å²) in [5.74, 6) is -0.318. The van der Waals surface area contributed by atoms with Gasteiger partial charge in [0.05, 0.1) is 4.90 Å². The number of halogens is 1. The summed E-state index contributed by atoms with van der Waals surface area (Å²) in [6.07, 6.45) is 1.19. The maximum atomic E-state index is 12.4. The van der Waals surface area contributed by atoms with Gasteiger partial charge in [-0.05, 0) is 23.8 Å². The average molecular weight is 398 g/mol. The molecule has 0 unspecified atom stereocenters. The van der Waals surface area contributed by atoms with Crippen LogP contribution in [-0.4, -0.2) is 49.2 Å². The second-order valence-electron chi connectivity index (χ2n) is 5.99. The van der Waals surface area contributed by atoms with Crippen molar-refractivity contribution in [3.8, 4) is 0 Å². The Morgan fingerprint density at radius 2 is 1.69 bits per heavy atom. The fraction of sp³-hybridized carbons (Fsp3) is 0.294. The fourth-order valence-electron chi connectivity index (χ4n) is 2.21. The molecule has 0 spiro atoms. The first kappa shape index (κ1) is 20.2. The Kier molecular flexibility index (Phi) is 6.22. The summed E-state index contributed by atoms with van der Waals surface area (Å²) >= 11 is 5.84. The molecule has 1 aromatic heterocycles. The van der Waals surface area contributed by atoms with Gasteiger partial charge in [-0.2, -0.15) is 0 Å². The average Bonchev–Trinajstić information content (AvgIpc) is 2.58. The fourth-order valence-corrected chi connectivity index (χ4v) is 3.26. The van der Waals surface area contributed by atoms with Crippen LogP contribution in [-0.2, 0) is 27.9 Å². The molecule has 140 valence electrons. The summed E-state index contributed by atoms with van der Waals surface area (Å²) in [4.78, 5) is 25.8. The first-order valence-corrected chi connectivity index (χ1v) is 9.54. The van der Waals surface area contributed by atoms with Crippen molar-refractivity contribution in [1.29, 1.82) is 0 Å². The van der Waals surface area contributed by atoms with Gasteiger partial charge in [0, 0.05) is 45.0 Å². The molecule has 9 heteroatoms. The van der Waals surface area contributed by atoms with Crippen LogP contribution in [0.3, 0.4) is 0 Å². The Labute approximate surface area is 157 Å². The largest absolute Gasteiger partial charge is 0.340 e. The van der Waals surface area contributed by atoms with Crippen LogP contribution < -0.4 is 5.56 Å². The Morgan fingerprint density at radius 3 is 2.27 bits per heavy atom. The molecule has 0 radical (unpaired) electrons. The molecule has 2 rings (SSSR count). The van der Waals surface area contributed by atoms with Gasteiger partial charge in [0.15, 0.2) is 0 Å². The van der Waals surface area contributed by atoms with Gasteiger partial charge in [-0.3, -0.25) is 9.59 Å². The molecule has 0 atom stereocenters. The number of aromatic nitrogens is 1. The van der Waals surface area contributed by atoms with Gasteiger partial charge in [-0.15, -0.1) is 0 Å². The Hall–Kier alpha value is -2.16. The van der Waals surface area contributed by atoms with E-state index in [0.717, 1.165) is 20.5 Å². The Morgan fingerprint density at radius 1 is 1.08 bits per heavy atom. The lowest BCUT2D eigenvalue weighted by Crippen LogP contribution is -2.34. The monoisotopic (exact) mass is 397 g/mol. The molecule has 0 aliphatic rings. The minimum Gasteiger partial charge on any atom is -0.340 e. The van der Waals surface area contributed by atoms with Crippen molar-refractivity contribution in [3.63, 3.8) is 0 Å². The quantitative estimate of drug-likeness (QED) is 0.738. The van der Waals surface area contributed by atoms with Crippen molar-refractivity contribution in [2.24, 2.45) is 0 Å². The van der Waals surface area contributed by atoms with E-state index in [1.54, 1.807) is 19.2 Å². The molecule has 1 heterocycles. The normalized spacial score (nSPS) is 11.6. The van der Waals surface area contributed by atoms with E-state index in [-0.39, 0.29) is 17.3 Å². The van der Waals surface area contributed by atoms with Gasteiger partial charge in [0.2, 0.25) is 15.9 Å². The minimum absolute atomic E-state index is 0.0461. The van der Waals surface area contributed by atoms with Gasteiger partial charge < -0.3 is 9.47 Å². The summed E-state index contributed by atoms with van der Waals surface area (Å²) in [5.41, 5.74) is 0.442. The van der Waals surface area contributed by atoms with Crippen LogP contribution in [0.1, 0.15) is 5.56 Å². The number of benzene rings is 1. The number of rotatable bonds is 6. The van der Waals surface area contributed by atoms with Crippen LogP contribution in [0, 0.1) is 0 Å². The first-order valence-electron chi connectivity index (χ1n) is 7.72. The standard InChI is InChI=1S/C17H20ClN3O4S/c1-19(2)26(24,25)15-8-9-16(22)21(11-15)12-17(23)20(3)10-13-4-6-14(18)7-5-13/h4-9,11H,10,12H2,1-3H3. The van der Waals surface area contributed by atoms with E-state index < -0.39 is 15.6 Å². The smallest absolute Gasteiger partial charge is 0.251 e. The van der Waals surface area contributed by atoms with Crippen LogP contribution in [0.15, 0.2) is 52.3 Å². The third-order valence-electron chi connectivity index (χ3n) is 3.80. The van der Waals surface area contributed by atoms with E-state index in [4.69, 9.17) is 11.6 Å². The van der Waals surface area contributed by atoms with Crippen LogP contribution in [0.25, 0.3) is 0 Å². The highest BCUT2D eigenvalue weighted by Gasteiger charge is 2.19. The van der Waals surface area contributed by atoms with Gasteiger partial charge in [0.25, 0.3) is 5.56 Å². The van der Waals surface area contributed by atoms with E-state index in [9.17, 15) is 18.0 Å². The summed E-state index contributed by atoms with van der Waals surface area (Å²) in [6, 6.07) is 9.45. The van der Waals surface area contributed by atoms with Crippen molar-refractivity contribution < 1.29 is 13.2 Å². The third kappa shape index (κ3) is 4.72. The van der Waals surface area contributed by atoms with Gasteiger partial charge >= 0.3 is 0 Å². The molecule has 7 nitrogen and oxygen atoms in total. The van der Waals surface area contributed by atoms with Crippen LogP contribution in [0.5, 0.6) is 0 Å². The maximum Gasteiger partial charge on any atom is 0.251 e. The van der Waals surface area contributed by atoms with Crippen molar-refractivity contribution in [3.05, 3.63) is 63.5 Å². The van der Waals surface area contributed by atoms with Crippen LogP contribution in [0.2, 0.25) is 5.02 Å². The van der Waals surface area contributed by atoms with Gasteiger partial charge in [-0.25, -0.2) is 12.7 Å². The van der Waals surface area contributed by atoms with E-state index in [0.29, 0.717) is 11.6 Å². The van der Waals surface area contributed by atoms with Crippen LogP contribution >= 0.6 is 11.6 Å². The lowest BCUT2D eigenvalue weighted by Gasteiger charge is -2.18. The molecule has 2 aromatic rings.